The van der Waals surface area contributed by atoms with Crippen LogP contribution in [0.3, 0.4) is 0 Å². The molecule has 0 spiro atoms. The van der Waals surface area contributed by atoms with E-state index >= 15 is 0 Å². The second kappa shape index (κ2) is 7.69. The summed E-state index contributed by atoms with van der Waals surface area (Å²) < 4.78 is 15.9. The highest BCUT2D eigenvalue weighted by Gasteiger charge is 2.22. The lowest BCUT2D eigenvalue weighted by molar-refractivity contribution is -0.120. The molecular weight excluding hydrogens is 326 g/mol. The first kappa shape index (κ1) is 16.8. The Kier molecular flexibility index (Phi) is 5.17. The van der Waals surface area contributed by atoms with Crippen LogP contribution in [0.4, 0.5) is 0 Å². The fraction of sp³-hybridized carbons (Fsp3) is 0.353. The van der Waals surface area contributed by atoms with E-state index in [1.165, 1.54) is 0 Å². The van der Waals surface area contributed by atoms with Crippen LogP contribution in [0, 0.1) is 0 Å². The summed E-state index contributed by atoms with van der Waals surface area (Å²) in [6.07, 6.45) is 0.287. The number of carbonyl (C=O) groups is 2. The fourth-order valence-electron chi connectivity index (χ4n) is 2.46. The van der Waals surface area contributed by atoms with Gasteiger partial charge in [-0.2, -0.15) is 0 Å². The summed E-state index contributed by atoms with van der Waals surface area (Å²) in [7, 11) is 1.58. The molecule has 1 N–H and O–H groups in total. The van der Waals surface area contributed by atoms with Gasteiger partial charge in [0.2, 0.25) is 5.91 Å². The Morgan fingerprint density at radius 3 is 3.00 bits per heavy atom. The van der Waals surface area contributed by atoms with Crippen molar-refractivity contribution in [1.29, 1.82) is 0 Å². The summed E-state index contributed by atoms with van der Waals surface area (Å²) in [6.45, 7) is 1.40. The molecule has 2 amide bonds. The summed E-state index contributed by atoms with van der Waals surface area (Å²) in [5, 5.41) is 6.54. The van der Waals surface area contributed by atoms with E-state index in [2.05, 4.69) is 10.5 Å². The standard InChI is InChI=1S/C17H19N3O5/c1-23-12-3-2-4-13(9-12)24-11-14-10-15(19-25-14)17(22)20-7-5-16(21)18-6-8-20/h2-4,9-10H,5-8,11H2,1H3,(H,18,21). The summed E-state index contributed by atoms with van der Waals surface area (Å²) in [5.41, 5.74) is 0.207. The molecule has 0 saturated carbocycles. The third kappa shape index (κ3) is 4.28. The van der Waals surface area contributed by atoms with Crippen LogP contribution >= 0.6 is 0 Å². The van der Waals surface area contributed by atoms with Crippen molar-refractivity contribution in [3.63, 3.8) is 0 Å². The fourth-order valence-corrected chi connectivity index (χ4v) is 2.46. The Morgan fingerprint density at radius 1 is 1.32 bits per heavy atom. The van der Waals surface area contributed by atoms with Gasteiger partial charge in [-0.15, -0.1) is 0 Å². The number of nitrogens with zero attached hydrogens (tertiary/aromatic N) is 2. The lowest BCUT2D eigenvalue weighted by Gasteiger charge is -2.17. The summed E-state index contributed by atoms with van der Waals surface area (Å²) in [4.78, 5) is 25.4. The second-order valence-corrected chi connectivity index (χ2v) is 5.54. The van der Waals surface area contributed by atoms with Crippen LogP contribution in [-0.4, -0.2) is 48.6 Å². The quantitative estimate of drug-likeness (QED) is 0.876. The predicted molar refractivity (Wildman–Crippen MR) is 87.4 cm³/mol. The SMILES string of the molecule is COc1cccc(OCc2cc(C(=O)N3CCNC(=O)CC3)no2)c1. The van der Waals surface area contributed by atoms with Crippen molar-refractivity contribution in [2.75, 3.05) is 26.7 Å². The highest BCUT2D eigenvalue weighted by atomic mass is 16.5. The van der Waals surface area contributed by atoms with Gasteiger partial charge in [-0.25, -0.2) is 0 Å². The molecule has 1 aliphatic rings. The first-order valence-corrected chi connectivity index (χ1v) is 7.94. The Morgan fingerprint density at radius 2 is 2.16 bits per heavy atom. The zero-order valence-corrected chi connectivity index (χ0v) is 13.9. The molecule has 132 valence electrons. The largest absolute Gasteiger partial charge is 0.497 e. The van der Waals surface area contributed by atoms with Gasteiger partial charge in [-0.3, -0.25) is 9.59 Å². The number of methoxy groups -OCH3 is 1. The third-order valence-corrected chi connectivity index (χ3v) is 3.80. The van der Waals surface area contributed by atoms with Crippen molar-refractivity contribution < 1.29 is 23.6 Å². The second-order valence-electron chi connectivity index (χ2n) is 5.54. The number of hydrogen-bond acceptors (Lipinski definition) is 6. The van der Waals surface area contributed by atoms with E-state index in [4.69, 9.17) is 14.0 Å². The molecule has 1 aromatic heterocycles. The van der Waals surface area contributed by atoms with Crippen LogP contribution in [0.15, 0.2) is 34.9 Å². The van der Waals surface area contributed by atoms with E-state index in [9.17, 15) is 9.59 Å². The zero-order chi connectivity index (χ0) is 17.6. The number of nitrogens with one attached hydrogen (secondary N) is 1. The van der Waals surface area contributed by atoms with Crippen molar-refractivity contribution in [3.8, 4) is 11.5 Å². The average Bonchev–Trinajstić information content (AvgIpc) is 3.01. The van der Waals surface area contributed by atoms with Crippen LogP contribution in [-0.2, 0) is 11.4 Å². The minimum absolute atomic E-state index is 0.0529. The van der Waals surface area contributed by atoms with Gasteiger partial charge in [0, 0.05) is 38.2 Å². The Balaban J connectivity index is 1.59. The molecule has 0 atom stereocenters. The summed E-state index contributed by atoms with van der Waals surface area (Å²) in [5.74, 6) is 1.45. The molecule has 1 saturated heterocycles. The maximum absolute atomic E-state index is 12.4. The number of hydrogen-bond donors (Lipinski definition) is 1. The van der Waals surface area contributed by atoms with Gasteiger partial charge in [0.15, 0.2) is 11.5 Å². The Labute approximate surface area is 144 Å². The molecular formula is C17H19N3O5. The molecule has 8 heteroatoms. The van der Waals surface area contributed by atoms with Gasteiger partial charge in [0.05, 0.1) is 7.11 Å². The smallest absolute Gasteiger partial charge is 0.276 e. The number of amides is 2. The summed E-state index contributed by atoms with van der Waals surface area (Å²) >= 11 is 0. The molecule has 0 radical (unpaired) electrons. The zero-order valence-electron chi connectivity index (χ0n) is 13.9. The lowest BCUT2D eigenvalue weighted by Crippen LogP contribution is -2.34. The number of ether oxygens (including phenoxy) is 2. The average molecular weight is 345 g/mol. The van der Waals surface area contributed by atoms with E-state index in [0.29, 0.717) is 36.9 Å². The normalized spacial score (nSPS) is 14.6. The minimum Gasteiger partial charge on any atom is -0.497 e. The molecule has 0 aliphatic carbocycles. The van der Waals surface area contributed by atoms with Gasteiger partial charge in [-0.05, 0) is 12.1 Å². The van der Waals surface area contributed by atoms with Gasteiger partial charge < -0.3 is 24.2 Å². The Hall–Kier alpha value is -3.03. The van der Waals surface area contributed by atoms with E-state index in [1.807, 2.05) is 12.1 Å². The predicted octanol–water partition coefficient (Wildman–Crippen LogP) is 1.22. The first-order valence-electron chi connectivity index (χ1n) is 7.94. The molecule has 2 aromatic rings. The maximum Gasteiger partial charge on any atom is 0.276 e. The van der Waals surface area contributed by atoms with Crippen molar-refractivity contribution in [2.24, 2.45) is 0 Å². The first-order chi connectivity index (χ1) is 12.2. The number of aromatic nitrogens is 1. The van der Waals surface area contributed by atoms with Gasteiger partial charge >= 0.3 is 0 Å². The molecule has 1 fully saturated rings. The van der Waals surface area contributed by atoms with Crippen LogP contribution in [0.2, 0.25) is 0 Å². The number of benzene rings is 1. The molecule has 1 aromatic carbocycles. The molecule has 8 nitrogen and oxygen atoms in total. The van der Waals surface area contributed by atoms with E-state index < -0.39 is 0 Å². The van der Waals surface area contributed by atoms with Crippen LogP contribution in [0.25, 0.3) is 0 Å². The van der Waals surface area contributed by atoms with Crippen molar-refractivity contribution in [2.45, 2.75) is 13.0 Å². The van der Waals surface area contributed by atoms with E-state index in [0.717, 1.165) is 0 Å². The van der Waals surface area contributed by atoms with Crippen LogP contribution in [0.5, 0.6) is 11.5 Å². The van der Waals surface area contributed by atoms with Crippen molar-refractivity contribution >= 4 is 11.8 Å². The molecule has 1 aliphatic heterocycles. The number of carbonyl (C=O) groups excluding carboxylic acids is 2. The van der Waals surface area contributed by atoms with Gasteiger partial charge in [-0.1, -0.05) is 11.2 Å². The molecule has 25 heavy (non-hydrogen) atoms. The highest BCUT2D eigenvalue weighted by molar-refractivity contribution is 5.92. The highest BCUT2D eigenvalue weighted by Crippen LogP contribution is 2.20. The molecule has 0 unspecified atom stereocenters. The van der Waals surface area contributed by atoms with Crippen LogP contribution < -0.4 is 14.8 Å². The van der Waals surface area contributed by atoms with Crippen LogP contribution in [0.1, 0.15) is 22.7 Å². The van der Waals surface area contributed by atoms with Crippen molar-refractivity contribution in [1.82, 2.24) is 15.4 Å². The van der Waals surface area contributed by atoms with Gasteiger partial charge in [0.25, 0.3) is 5.91 Å². The third-order valence-electron chi connectivity index (χ3n) is 3.80. The topological polar surface area (TPSA) is 93.9 Å². The minimum atomic E-state index is -0.257. The monoisotopic (exact) mass is 345 g/mol. The number of rotatable bonds is 5. The van der Waals surface area contributed by atoms with Gasteiger partial charge in [0.1, 0.15) is 18.1 Å². The Bertz CT molecular complexity index is 758. The molecule has 0 bridgehead atoms. The maximum atomic E-state index is 12.4. The molecule has 3 rings (SSSR count). The molecule has 2 heterocycles. The van der Waals surface area contributed by atoms with Crippen molar-refractivity contribution in [3.05, 3.63) is 41.8 Å². The lowest BCUT2D eigenvalue weighted by atomic mass is 10.3. The van der Waals surface area contributed by atoms with E-state index in [-0.39, 0.29) is 30.5 Å². The summed E-state index contributed by atoms with van der Waals surface area (Å²) in [6, 6.07) is 8.75. The van der Waals surface area contributed by atoms with E-state index in [1.54, 1.807) is 30.2 Å².